The van der Waals surface area contributed by atoms with Crippen LogP contribution < -0.4 is 10.1 Å². The Balaban J connectivity index is 1.68. The average Bonchev–Trinajstić information content (AvgIpc) is 3.41. The van der Waals surface area contributed by atoms with Crippen LogP contribution >= 0.6 is 0 Å². The van der Waals surface area contributed by atoms with E-state index in [1.807, 2.05) is 10.6 Å². The van der Waals surface area contributed by atoms with Crippen LogP contribution in [-0.2, 0) is 12.8 Å². The molecule has 0 aliphatic heterocycles. The summed E-state index contributed by atoms with van der Waals surface area (Å²) in [6, 6.07) is 17.1. The molecule has 5 rings (SSSR count). The number of hydrogen-bond donors (Lipinski definition) is 1. The second-order valence-corrected chi connectivity index (χ2v) is 8.63. The van der Waals surface area contributed by atoms with Crippen LogP contribution in [0, 0.1) is 13.8 Å². The molecule has 2 aromatic heterocycles. The maximum absolute atomic E-state index is 5.42. The van der Waals surface area contributed by atoms with Gasteiger partial charge in [-0.15, -0.1) is 0 Å². The summed E-state index contributed by atoms with van der Waals surface area (Å²) in [5, 5.41) is 8.85. The second-order valence-electron chi connectivity index (χ2n) is 8.63. The molecule has 1 aliphatic carbocycles. The molecule has 2 aromatic carbocycles. The fraction of sp³-hybridized carbons (Fsp3) is 0.333. The van der Waals surface area contributed by atoms with Crippen LogP contribution in [0.3, 0.4) is 0 Å². The Kier molecular flexibility index (Phi) is 5.33. The monoisotopic (exact) mass is 426 g/mol. The summed E-state index contributed by atoms with van der Waals surface area (Å²) in [6.45, 7) is 6.43. The molecule has 1 N–H and O–H groups in total. The molecule has 0 spiro atoms. The Morgan fingerprint density at radius 2 is 1.91 bits per heavy atom. The van der Waals surface area contributed by atoms with Crippen molar-refractivity contribution in [3.8, 4) is 16.9 Å². The van der Waals surface area contributed by atoms with Crippen LogP contribution in [0.1, 0.15) is 53.9 Å². The first-order chi connectivity index (χ1) is 15.6. The summed E-state index contributed by atoms with van der Waals surface area (Å²) in [6.07, 6.45) is 4.20. The van der Waals surface area contributed by atoms with Gasteiger partial charge in [0.15, 0.2) is 5.65 Å². The van der Waals surface area contributed by atoms with Crippen molar-refractivity contribution in [3.05, 3.63) is 76.6 Å². The van der Waals surface area contributed by atoms with Crippen molar-refractivity contribution in [2.45, 2.75) is 52.5 Å². The molecule has 0 bridgehead atoms. The molecule has 5 nitrogen and oxygen atoms in total. The van der Waals surface area contributed by atoms with E-state index in [0.29, 0.717) is 0 Å². The molecule has 0 radical (unpaired) electrons. The number of aryl methyl sites for hydroxylation is 3. The number of fused-ring (bicyclic) bond motifs is 2. The molecule has 1 aliphatic rings. The summed E-state index contributed by atoms with van der Waals surface area (Å²) in [5.41, 5.74) is 9.16. The lowest BCUT2D eigenvalue weighted by Crippen LogP contribution is -2.15. The highest BCUT2D eigenvalue weighted by molar-refractivity contribution is 5.83. The first kappa shape index (κ1) is 20.6. The zero-order valence-electron chi connectivity index (χ0n) is 19.3. The molecule has 0 fully saturated rings. The fourth-order valence-electron chi connectivity index (χ4n) is 4.91. The quantitative estimate of drug-likeness (QED) is 0.406. The Bertz CT molecular complexity index is 1280. The number of hydrogen-bond acceptors (Lipinski definition) is 4. The number of nitrogens with zero attached hydrogens (tertiary/aromatic N) is 3. The minimum absolute atomic E-state index is 0.224. The lowest BCUT2D eigenvalue weighted by Gasteiger charge is -2.21. The molecule has 0 saturated heterocycles. The van der Waals surface area contributed by atoms with Gasteiger partial charge >= 0.3 is 0 Å². The summed E-state index contributed by atoms with van der Waals surface area (Å²) in [7, 11) is 1.70. The minimum atomic E-state index is 0.224. The number of rotatable bonds is 6. The second kappa shape index (κ2) is 8.30. The molecule has 2 heterocycles. The lowest BCUT2D eigenvalue weighted by atomic mass is 10.0. The van der Waals surface area contributed by atoms with Crippen LogP contribution in [-0.4, -0.2) is 21.7 Å². The van der Waals surface area contributed by atoms with Gasteiger partial charge < -0.3 is 10.1 Å². The highest BCUT2D eigenvalue weighted by atomic mass is 16.5. The van der Waals surface area contributed by atoms with Crippen LogP contribution in [0.2, 0.25) is 0 Å². The molecular formula is C27H30N4O. The molecule has 5 heteroatoms. The van der Waals surface area contributed by atoms with Crippen LogP contribution in [0.4, 0.5) is 5.82 Å². The molecular weight excluding hydrogens is 396 g/mol. The van der Waals surface area contributed by atoms with Crippen LogP contribution in [0.5, 0.6) is 5.75 Å². The van der Waals surface area contributed by atoms with Gasteiger partial charge in [0.25, 0.3) is 0 Å². The van der Waals surface area contributed by atoms with Gasteiger partial charge in [-0.25, -0.2) is 4.98 Å². The smallest absolute Gasteiger partial charge is 0.165 e. The third kappa shape index (κ3) is 3.42. The largest absolute Gasteiger partial charge is 0.497 e. The number of aromatic nitrogens is 3. The van der Waals surface area contributed by atoms with Gasteiger partial charge in [-0.1, -0.05) is 43.3 Å². The van der Waals surface area contributed by atoms with Crippen molar-refractivity contribution in [3.63, 3.8) is 0 Å². The summed E-state index contributed by atoms with van der Waals surface area (Å²) in [4.78, 5) is 5.13. The third-order valence-corrected chi connectivity index (χ3v) is 6.59. The Morgan fingerprint density at radius 1 is 1.09 bits per heavy atom. The minimum Gasteiger partial charge on any atom is -0.497 e. The number of nitrogens with one attached hydrogen (secondary N) is 1. The van der Waals surface area contributed by atoms with Crippen molar-refractivity contribution in [1.82, 2.24) is 14.6 Å². The predicted octanol–water partition coefficient (Wildman–Crippen LogP) is 6.07. The van der Waals surface area contributed by atoms with Crippen molar-refractivity contribution in [2.24, 2.45) is 0 Å². The first-order valence-electron chi connectivity index (χ1n) is 11.5. The van der Waals surface area contributed by atoms with Crippen LogP contribution in [0.25, 0.3) is 16.8 Å². The average molecular weight is 427 g/mol. The topological polar surface area (TPSA) is 51.5 Å². The number of anilines is 1. The predicted molar refractivity (Wildman–Crippen MR) is 130 cm³/mol. The van der Waals surface area contributed by atoms with Gasteiger partial charge in [0.05, 0.1) is 18.8 Å². The lowest BCUT2D eigenvalue weighted by molar-refractivity contribution is 0.414. The van der Waals surface area contributed by atoms with Gasteiger partial charge in [-0.05, 0) is 68.4 Å². The number of benzene rings is 2. The van der Waals surface area contributed by atoms with E-state index in [0.717, 1.165) is 65.3 Å². The molecule has 164 valence electrons. The molecule has 32 heavy (non-hydrogen) atoms. The molecule has 1 unspecified atom stereocenters. The van der Waals surface area contributed by atoms with E-state index in [4.69, 9.17) is 14.8 Å². The third-order valence-electron chi connectivity index (χ3n) is 6.59. The van der Waals surface area contributed by atoms with Crippen molar-refractivity contribution < 1.29 is 4.74 Å². The molecule has 1 atom stereocenters. The Hall–Kier alpha value is -3.34. The summed E-state index contributed by atoms with van der Waals surface area (Å²) >= 11 is 0. The van der Waals surface area contributed by atoms with E-state index in [-0.39, 0.29) is 6.04 Å². The van der Waals surface area contributed by atoms with Crippen LogP contribution in [0.15, 0.2) is 48.5 Å². The Morgan fingerprint density at radius 3 is 2.62 bits per heavy atom. The zero-order valence-corrected chi connectivity index (χ0v) is 19.3. The SMILES string of the molecule is CCC(Nc1c2c(nc3c(-c4ccc(OC)cc4C)c(C)nn13)CCC2)c1ccccc1. The van der Waals surface area contributed by atoms with Crippen molar-refractivity contribution in [1.29, 1.82) is 0 Å². The van der Waals surface area contributed by atoms with E-state index in [1.165, 1.54) is 16.8 Å². The van der Waals surface area contributed by atoms with E-state index in [1.54, 1.807) is 7.11 Å². The van der Waals surface area contributed by atoms with Crippen molar-refractivity contribution in [2.75, 3.05) is 12.4 Å². The fourth-order valence-corrected chi connectivity index (χ4v) is 4.91. The van der Waals surface area contributed by atoms with E-state index in [2.05, 4.69) is 68.6 Å². The maximum Gasteiger partial charge on any atom is 0.165 e. The molecule has 0 amide bonds. The van der Waals surface area contributed by atoms with Gasteiger partial charge in [-0.3, -0.25) is 0 Å². The normalized spacial score (nSPS) is 13.9. The van der Waals surface area contributed by atoms with E-state index < -0.39 is 0 Å². The highest BCUT2D eigenvalue weighted by Gasteiger charge is 2.26. The van der Waals surface area contributed by atoms with Gasteiger partial charge in [0.2, 0.25) is 0 Å². The summed E-state index contributed by atoms with van der Waals surface area (Å²) in [5.74, 6) is 1.96. The number of ether oxygens (including phenoxy) is 1. The maximum atomic E-state index is 5.42. The Labute approximate surface area is 189 Å². The molecule has 4 aromatic rings. The van der Waals surface area contributed by atoms with Crippen molar-refractivity contribution >= 4 is 11.5 Å². The molecule has 0 saturated carbocycles. The zero-order chi connectivity index (χ0) is 22.2. The van der Waals surface area contributed by atoms with Gasteiger partial charge in [0.1, 0.15) is 11.6 Å². The summed E-state index contributed by atoms with van der Waals surface area (Å²) < 4.78 is 7.46. The first-order valence-corrected chi connectivity index (χ1v) is 11.5. The van der Waals surface area contributed by atoms with E-state index >= 15 is 0 Å². The number of methoxy groups -OCH3 is 1. The van der Waals surface area contributed by atoms with E-state index in [9.17, 15) is 0 Å². The standard InChI is InChI=1S/C27H30N4O/c1-5-23(19-10-7-6-8-11-19)28-26-22-12-9-13-24(22)29-27-25(18(3)30-31(26)27)21-15-14-20(32-4)16-17(21)2/h6-8,10-11,14-16,23,28H,5,9,12-13H2,1-4H3. The van der Waals surface area contributed by atoms with Gasteiger partial charge in [-0.2, -0.15) is 9.61 Å². The highest BCUT2D eigenvalue weighted by Crippen LogP contribution is 2.37. The van der Waals surface area contributed by atoms with Gasteiger partial charge in [0, 0.05) is 16.8 Å².